The molecule has 1 heterocycles. The smallest absolute Gasteiger partial charge is 0.221 e. The van der Waals surface area contributed by atoms with Crippen LogP contribution in [0.4, 0.5) is 5.69 Å². The van der Waals surface area contributed by atoms with Crippen molar-refractivity contribution in [3.63, 3.8) is 0 Å². The second-order valence-corrected chi connectivity index (χ2v) is 6.86. The van der Waals surface area contributed by atoms with Crippen LogP contribution in [-0.2, 0) is 4.79 Å². The quantitative estimate of drug-likeness (QED) is 0.749. The molecule has 0 bridgehead atoms. The van der Waals surface area contributed by atoms with Gasteiger partial charge in [-0.2, -0.15) is 0 Å². The zero-order chi connectivity index (χ0) is 17.9. The summed E-state index contributed by atoms with van der Waals surface area (Å²) in [5.41, 5.74) is 1.59. The second-order valence-electron chi connectivity index (χ2n) is 6.86. The minimum Gasteiger partial charge on any atom is -0.490 e. The Morgan fingerprint density at radius 3 is 2.75 bits per heavy atom. The van der Waals surface area contributed by atoms with Crippen LogP contribution in [-0.4, -0.2) is 41.0 Å². The fourth-order valence-electron chi connectivity index (χ4n) is 2.24. The van der Waals surface area contributed by atoms with E-state index in [-0.39, 0.29) is 18.1 Å². The summed E-state index contributed by atoms with van der Waals surface area (Å²) < 4.78 is 11.0. The fourth-order valence-corrected chi connectivity index (χ4v) is 2.24. The van der Waals surface area contributed by atoms with E-state index in [0.29, 0.717) is 34.6 Å². The normalized spacial score (nSPS) is 13.1. The van der Waals surface area contributed by atoms with Crippen LogP contribution >= 0.6 is 0 Å². The number of benzene rings is 1. The summed E-state index contributed by atoms with van der Waals surface area (Å²) in [5, 5.41) is 20.6. The number of carbonyl (C=O) groups excluding carboxylic acids is 1. The zero-order valence-electron chi connectivity index (χ0n) is 14.8. The number of anilines is 1. The Labute approximate surface area is 141 Å². The van der Waals surface area contributed by atoms with E-state index in [0.717, 1.165) is 0 Å². The van der Waals surface area contributed by atoms with Crippen molar-refractivity contribution < 1.29 is 19.2 Å². The Bertz CT molecular complexity index is 718. The molecular formula is C17H25N3O4. The predicted octanol–water partition coefficient (Wildman–Crippen LogP) is 2.22. The lowest BCUT2D eigenvalue weighted by molar-refractivity contribution is -0.114. The molecule has 7 nitrogen and oxygen atoms in total. The van der Waals surface area contributed by atoms with E-state index in [2.05, 4.69) is 15.8 Å². The number of nitrogens with one attached hydrogen (secondary N) is 2. The molecule has 2 rings (SSSR count). The monoisotopic (exact) mass is 335 g/mol. The summed E-state index contributed by atoms with van der Waals surface area (Å²) in [7, 11) is 0. The topological polar surface area (TPSA) is 96.6 Å². The first-order valence-electron chi connectivity index (χ1n) is 7.90. The lowest BCUT2D eigenvalue weighted by Gasteiger charge is -2.23. The van der Waals surface area contributed by atoms with Gasteiger partial charge >= 0.3 is 0 Å². The standard InChI is InChI=1S/C17H25N3O4/c1-10-15-14(23-9-12(22)8-18-17(3,4)5)7-6-13(19-11(2)21)16(15)24-20-10/h6-7,12,18,22H,8-9H2,1-5H3,(H,19,21). The van der Waals surface area contributed by atoms with Crippen LogP contribution in [0.15, 0.2) is 16.7 Å². The van der Waals surface area contributed by atoms with Crippen molar-refractivity contribution in [3.8, 4) is 5.75 Å². The number of hydrogen-bond donors (Lipinski definition) is 3. The molecule has 3 N–H and O–H groups in total. The van der Waals surface area contributed by atoms with E-state index in [4.69, 9.17) is 9.26 Å². The molecule has 0 fully saturated rings. The van der Waals surface area contributed by atoms with E-state index in [9.17, 15) is 9.90 Å². The summed E-state index contributed by atoms with van der Waals surface area (Å²) in [6, 6.07) is 3.44. The summed E-state index contributed by atoms with van der Waals surface area (Å²) in [4.78, 5) is 11.3. The molecule has 0 aliphatic rings. The van der Waals surface area contributed by atoms with Crippen LogP contribution in [0.1, 0.15) is 33.4 Å². The van der Waals surface area contributed by atoms with Gasteiger partial charge in [-0.25, -0.2) is 0 Å². The van der Waals surface area contributed by atoms with Gasteiger partial charge in [0.25, 0.3) is 0 Å². The lowest BCUT2D eigenvalue weighted by atomic mass is 10.1. The molecule has 0 spiro atoms. The van der Waals surface area contributed by atoms with Gasteiger partial charge in [0, 0.05) is 19.0 Å². The lowest BCUT2D eigenvalue weighted by Crippen LogP contribution is -2.42. The van der Waals surface area contributed by atoms with Crippen LogP contribution < -0.4 is 15.4 Å². The van der Waals surface area contributed by atoms with E-state index in [1.165, 1.54) is 6.92 Å². The van der Waals surface area contributed by atoms with E-state index in [1.807, 2.05) is 20.8 Å². The molecule has 0 radical (unpaired) electrons. The number of carbonyl (C=O) groups is 1. The first kappa shape index (κ1) is 18.2. The maximum absolute atomic E-state index is 11.3. The van der Waals surface area contributed by atoms with Gasteiger partial charge in [-0.3, -0.25) is 4.79 Å². The van der Waals surface area contributed by atoms with Crippen LogP contribution in [0, 0.1) is 6.92 Å². The number of aliphatic hydroxyl groups is 1. The van der Waals surface area contributed by atoms with Crippen molar-refractivity contribution in [3.05, 3.63) is 17.8 Å². The van der Waals surface area contributed by atoms with Crippen molar-refractivity contribution in [1.82, 2.24) is 10.5 Å². The first-order valence-corrected chi connectivity index (χ1v) is 7.90. The minimum atomic E-state index is -0.644. The van der Waals surface area contributed by atoms with Crippen LogP contribution in [0.3, 0.4) is 0 Å². The van der Waals surface area contributed by atoms with Crippen LogP contribution in [0.2, 0.25) is 0 Å². The summed E-state index contributed by atoms with van der Waals surface area (Å²) in [6.07, 6.45) is -0.644. The number of rotatable bonds is 6. The number of aliphatic hydroxyl groups excluding tert-OH is 1. The molecule has 0 aliphatic heterocycles. The molecule has 0 aliphatic carbocycles. The SMILES string of the molecule is CC(=O)Nc1ccc(OCC(O)CNC(C)(C)C)c2c(C)noc12. The maximum atomic E-state index is 11.3. The number of hydrogen-bond acceptors (Lipinski definition) is 6. The Kier molecular flexibility index (Phi) is 5.46. The summed E-state index contributed by atoms with van der Waals surface area (Å²) in [5.74, 6) is 0.371. The van der Waals surface area contributed by atoms with Gasteiger partial charge in [-0.1, -0.05) is 5.16 Å². The molecule has 0 saturated carbocycles. The van der Waals surface area contributed by atoms with Crippen molar-refractivity contribution in [2.24, 2.45) is 0 Å². The molecule has 2 aromatic rings. The second kappa shape index (κ2) is 7.19. The first-order chi connectivity index (χ1) is 11.2. The van der Waals surface area contributed by atoms with Crippen molar-refractivity contribution in [2.75, 3.05) is 18.5 Å². The highest BCUT2D eigenvalue weighted by molar-refractivity contribution is 6.01. The van der Waals surface area contributed by atoms with Crippen molar-refractivity contribution in [2.45, 2.75) is 46.3 Å². The van der Waals surface area contributed by atoms with Gasteiger partial charge in [-0.05, 0) is 39.8 Å². The Morgan fingerprint density at radius 1 is 1.42 bits per heavy atom. The molecule has 132 valence electrons. The largest absolute Gasteiger partial charge is 0.490 e. The van der Waals surface area contributed by atoms with Crippen molar-refractivity contribution in [1.29, 1.82) is 0 Å². The third-order valence-electron chi connectivity index (χ3n) is 3.37. The molecular weight excluding hydrogens is 310 g/mol. The number of β-amino-alcohol motifs (C(OH)–C–C–N with tert-alkyl or cyclic N) is 1. The zero-order valence-corrected chi connectivity index (χ0v) is 14.8. The molecule has 1 unspecified atom stereocenters. The van der Waals surface area contributed by atoms with Gasteiger partial charge in [0.2, 0.25) is 5.91 Å². The minimum absolute atomic E-state index is 0.0701. The molecule has 1 atom stereocenters. The average Bonchev–Trinajstić information content (AvgIpc) is 2.86. The van der Waals surface area contributed by atoms with Gasteiger partial charge < -0.3 is 25.0 Å². The van der Waals surface area contributed by atoms with Gasteiger partial charge in [0.05, 0.1) is 16.8 Å². The Hall–Kier alpha value is -2.12. The number of nitrogens with zero attached hydrogens (tertiary/aromatic N) is 1. The number of fused-ring (bicyclic) bond motifs is 1. The van der Waals surface area contributed by atoms with Crippen molar-refractivity contribution >= 4 is 22.6 Å². The number of aromatic nitrogens is 1. The molecule has 0 saturated heterocycles. The van der Waals surface area contributed by atoms with E-state index >= 15 is 0 Å². The summed E-state index contributed by atoms with van der Waals surface area (Å²) >= 11 is 0. The highest BCUT2D eigenvalue weighted by atomic mass is 16.5. The predicted molar refractivity (Wildman–Crippen MR) is 92.3 cm³/mol. The molecule has 1 aromatic carbocycles. The number of aryl methyl sites for hydroxylation is 1. The van der Waals surface area contributed by atoms with Gasteiger partial charge in [0.1, 0.15) is 18.5 Å². The Morgan fingerprint density at radius 2 is 2.12 bits per heavy atom. The van der Waals surface area contributed by atoms with Crippen LogP contribution in [0.25, 0.3) is 11.0 Å². The Balaban J connectivity index is 2.12. The van der Waals surface area contributed by atoms with Crippen LogP contribution in [0.5, 0.6) is 5.75 Å². The number of amides is 1. The van der Waals surface area contributed by atoms with Gasteiger partial charge in [0.15, 0.2) is 5.58 Å². The average molecular weight is 335 g/mol. The third kappa shape index (κ3) is 4.69. The third-order valence-corrected chi connectivity index (χ3v) is 3.37. The number of ether oxygens (including phenoxy) is 1. The molecule has 24 heavy (non-hydrogen) atoms. The van der Waals surface area contributed by atoms with E-state index < -0.39 is 6.10 Å². The van der Waals surface area contributed by atoms with E-state index in [1.54, 1.807) is 19.1 Å². The molecule has 7 heteroatoms. The highest BCUT2D eigenvalue weighted by Gasteiger charge is 2.17. The summed E-state index contributed by atoms with van der Waals surface area (Å²) in [6.45, 7) is 9.90. The fraction of sp³-hybridized carbons (Fsp3) is 0.529. The molecule has 1 aromatic heterocycles. The highest BCUT2D eigenvalue weighted by Crippen LogP contribution is 2.34. The molecule has 1 amide bonds. The maximum Gasteiger partial charge on any atom is 0.221 e. The van der Waals surface area contributed by atoms with Gasteiger partial charge in [-0.15, -0.1) is 0 Å².